The first-order chi connectivity index (χ1) is 6.90. The smallest absolute Gasteiger partial charge is 0.132 e. The zero-order valence-corrected chi connectivity index (χ0v) is 9.40. The van der Waals surface area contributed by atoms with E-state index in [1.54, 1.807) is 30.2 Å². The maximum atomic E-state index is 5.28. The highest BCUT2D eigenvalue weighted by Crippen LogP contribution is 2.36. The number of para-hydroxylation sites is 1. The van der Waals surface area contributed by atoms with Gasteiger partial charge in [-0.05, 0) is 23.6 Å². The molecule has 1 aromatic carbocycles. The van der Waals surface area contributed by atoms with Crippen molar-refractivity contribution in [3.63, 3.8) is 0 Å². The van der Waals surface area contributed by atoms with Crippen molar-refractivity contribution in [1.82, 2.24) is 0 Å². The second kappa shape index (κ2) is 4.53. The third-order valence-corrected chi connectivity index (χ3v) is 3.87. The fraction of sp³-hybridized carbons (Fsp3) is 0.0909. The summed E-state index contributed by atoms with van der Waals surface area (Å²) in [5, 5.41) is 2.08. The molecule has 0 N–H and O–H groups in total. The van der Waals surface area contributed by atoms with Gasteiger partial charge in [0.2, 0.25) is 0 Å². The summed E-state index contributed by atoms with van der Waals surface area (Å²) in [6.07, 6.45) is 0. The molecule has 3 heteroatoms. The fourth-order valence-corrected chi connectivity index (χ4v) is 2.97. The van der Waals surface area contributed by atoms with Gasteiger partial charge in [0.25, 0.3) is 0 Å². The molecule has 0 aliphatic rings. The van der Waals surface area contributed by atoms with E-state index in [2.05, 4.69) is 23.6 Å². The van der Waals surface area contributed by atoms with Gasteiger partial charge in [-0.2, -0.15) is 0 Å². The minimum atomic E-state index is 0.936. The molecule has 0 saturated heterocycles. The van der Waals surface area contributed by atoms with Crippen LogP contribution in [0.3, 0.4) is 0 Å². The van der Waals surface area contributed by atoms with Crippen LogP contribution in [0.2, 0.25) is 0 Å². The summed E-state index contributed by atoms with van der Waals surface area (Å²) in [7, 11) is 1.70. The molecule has 0 bridgehead atoms. The van der Waals surface area contributed by atoms with E-state index in [1.807, 2.05) is 18.2 Å². The van der Waals surface area contributed by atoms with E-state index < -0.39 is 0 Å². The number of rotatable bonds is 3. The lowest BCUT2D eigenvalue weighted by atomic mass is 10.3. The topological polar surface area (TPSA) is 9.23 Å². The van der Waals surface area contributed by atoms with Crippen molar-refractivity contribution in [2.75, 3.05) is 7.11 Å². The normalized spacial score (nSPS) is 10.1. The number of thiophene rings is 1. The van der Waals surface area contributed by atoms with Crippen LogP contribution in [0.5, 0.6) is 5.75 Å². The van der Waals surface area contributed by atoms with Crippen molar-refractivity contribution >= 4 is 23.1 Å². The van der Waals surface area contributed by atoms with E-state index in [-0.39, 0.29) is 0 Å². The van der Waals surface area contributed by atoms with Gasteiger partial charge in [-0.1, -0.05) is 30.0 Å². The number of methoxy groups -OCH3 is 1. The van der Waals surface area contributed by atoms with Crippen molar-refractivity contribution in [1.29, 1.82) is 0 Å². The van der Waals surface area contributed by atoms with Crippen LogP contribution < -0.4 is 4.74 Å². The zero-order valence-electron chi connectivity index (χ0n) is 7.77. The van der Waals surface area contributed by atoms with E-state index >= 15 is 0 Å². The molecule has 0 spiro atoms. The second-order valence-electron chi connectivity index (χ2n) is 2.69. The molecule has 0 saturated carbocycles. The molecule has 0 amide bonds. The lowest BCUT2D eigenvalue weighted by molar-refractivity contribution is 0.405. The highest BCUT2D eigenvalue weighted by atomic mass is 32.2. The van der Waals surface area contributed by atoms with Crippen LogP contribution in [0.1, 0.15) is 0 Å². The van der Waals surface area contributed by atoms with Crippen molar-refractivity contribution < 1.29 is 4.74 Å². The Hall–Kier alpha value is -0.930. The molecule has 0 radical (unpaired) electrons. The highest BCUT2D eigenvalue weighted by Gasteiger charge is 2.03. The van der Waals surface area contributed by atoms with Crippen molar-refractivity contribution in [3.05, 3.63) is 41.8 Å². The molecule has 1 nitrogen and oxygen atoms in total. The summed E-state index contributed by atoms with van der Waals surface area (Å²) in [5.41, 5.74) is 0. The van der Waals surface area contributed by atoms with Gasteiger partial charge in [0.15, 0.2) is 0 Å². The van der Waals surface area contributed by atoms with Gasteiger partial charge in [-0.15, -0.1) is 11.3 Å². The van der Waals surface area contributed by atoms with Gasteiger partial charge in [-0.3, -0.25) is 0 Å². The quantitative estimate of drug-likeness (QED) is 0.778. The first kappa shape index (κ1) is 9.62. The first-order valence-electron chi connectivity index (χ1n) is 4.24. The SMILES string of the molecule is COc1ccccc1Sc1cccs1. The fourth-order valence-electron chi connectivity index (χ4n) is 1.13. The lowest BCUT2D eigenvalue weighted by Gasteiger charge is -2.05. The summed E-state index contributed by atoms with van der Waals surface area (Å²) in [4.78, 5) is 1.16. The third-order valence-electron chi connectivity index (χ3n) is 1.77. The van der Waals surface area contributed by atoms with Crippen LogP contribution in [-0.4, -0.2) is 7.11 Å². The lowest BCUT2D eigenvalue weighted by Crippen LogP contribution is -1.84. The van der Waals surface area contributed by atoms with Crippen molar-refractivity contribution in [3.8, 4) is 5.75 Å². The number of benzene rings is 1. The minimum absolute atomic E-state index is 0.936. The Labute approximate surface area is 91.7 Å². The second-order valence-corrected chi connectivity index (χ2v) is 4.97. The monoisotopic (exact) mass is 222 g/mol. The van der Waals surface area contributed by atoms with Crippen molar-refractivity contribution in [2.24, 2.45) is 0 Å². The maximum absolute atomic E-state index is 5.28. The molecule has 0 aliphatic carbocycles. The molecule has 1 aromatic heterocycles. The van der Waals surface area contributed by atoms with E-state index in [0.29, 0.717) is 0 Å². The van der Waals surface area contributed by atoms with Gasteiger partial charge < -0.3 is 4.74 Å². The molecule has 1 heterocycles. The molecule has 0 aliphatic heterocycles. The average molecular weight is 222 g/mol. The maximum Gasteiger partial charge on any atom is 0.132 e. The van der Waals surface area contributed by atoms with E-state index in [0.717, 1.165) is 10.6 Å². The summed E-state index contributed by atoms with van der Waals surface area (Å²) >= 11 is 3.48. The molecular weight excluding hydrogens is 212 g/mol. The number of ether oxygens (including phenoxy) is 1. The predicted octanol–water partition coefficient (Wildman–Crippen LogP) is 3.91. The molecule has 0 fully saturated rings. The number of hydrogen-bond donors (Lipinski definition) is 0. The molecule has 0 unspecified atom stereocenters. The summed E-state index contributed by atoms with van der Waals surface area (Å²) in [6, 6.07) is 12.2. The van der Waals surface area contributed by atoms with E-state index in [4.69, 9.17) is 4.74 Å². The molecule has 2 rings (SSSR count). The van der Waals surface area contributed by atoms with Crippen molar-refractivity contribution in [2.45, 2.75) is 9.10 Å². The molecule has 2 aromatic rings. The van der Waals surface area contributed by atoms with Crippen LogP contribution >= 0.6 is 23.1 Å². The Morgan fingerprint density at radius 2 is 2.00 bits per heavy atom. The van der Waals surface area contributed by atoms with Gasteiger partial charge in [0.1, 0.15) is 5.75 Å². The molecule has 14 heavy (non-hydrogen) atoms. The zero-order chi connectivity index (χ0) is 9.80. The minimum Gasteiger partial charge on any atom is -0.496 e. The van der Waals surface area contributed by atoms with Crippen LogP contribution in [0, 0.1) is 0 Å². The summed E-state index contributed by atoms with van der Waals surface area (Å²) in [5.74, 6) is 0.936. The highest BCUT2D eigenvalue weighted by molar-refractivity contribution is 8.01. The third kappa shape index (κ3) is 2.11. The van der Waals surface area contributed by atoms with Crippen LogP contribution in [-0.2, 0) is 0 Å². The average Bonchev–Trinajstić information content (AvgIpc) is 2.71. The van der Waals surface area contributed by atoms with E-state index in [1.165, 1.54) is 4.21 Å². The largest absolute Gasteiger partial charge is 0.496 e. The molecular formula is C11H10OS2. The Bertz CT molecular complexity index is 395. The Morgan fingerprint density at radius 1 is 1.14 bits per heavy atom. The van der Waals surface area contributed by atoms with Gasteiger partial charge in [0.05, 0.1) is 16.2 Å². The first-order valence-corrected chi connectivity index (χ1v) is 5.94. The van der Waals surface area contributed by atoms with Gasteiger partial charge >= 0.3 is 0 Å². The summed E-state index contributed by atoms with van der Waals surface area (Å²) < 4.78 is 6.56. The predicted molar refractivity (Wildman–Crippen MR) is 61.4 cm³/mol. The van der Waals surface area contributed by atoms with Crippen LogP contribution in [0.25, 0.3) is 0 Å². The summed E-state index contributed by atoms with van der Waals surface area (Å²) in [6.45, 7) is 0. The molecule has 0 atom stereocenters. The van der Waals surface area contributed by atoms with Crippen LogP contribution in [0.15, 0.2) is 50.9 Å². The van der Waals surface area contributed by atoms with Gasteiger partial charge in [-0.25, -0.2) is 0 Å². The molecule has 72 valence electrons. The Kier molecular flexibility index (Phi) is 3.11. The Morgan fingerprint density at radius 3 is 2.71 bits per heavy atom. The van der Waals surface area contributed by atoms with Crippen LogP contribution in [0.4, 0.5) is 0 Å². The number of hydrogen-bond acceptors (Lipinski definition) is 3. The van der Waals surface area contributed by atoms with Gasteiger partial charge in [0, 0.05) is 0 Å². The standard InChI is InChI=1S/C11H10OS2/c1-12-9-5-2-3-6-10(9)14-11-7-4-8-13-11/h2-8H,1H3. The van der Waals surface area contributed by atoms with E-state index in [9.17, 15) is 0 Å². The Balaban J connectivity index is 2.24.